The van der Waals surface area contributed by atoms with Crippen molar-refractivity contribution in [1.29, 1.82) is 0 Å². The minimum absolute atomic E-state index is 0.693. The van der Waals surface area contributed by atoms with E-state index in [1.165, 1.54) is 25.0 Å². The highest BCUT2D eigenvalue weighted by molar-refractivity contribution is 7.71. The van der Waals surface area contributed by atoms with E-state index in [1.54, 1.807) is 0 Å². The van der Waals surface area contributed by atoms with E-state index in [4.69, 9.17) is 12.2 Å². The van der Waals surface area contributed by atoms with Crippen molar-refractivity contribution >= 4 is 12.2 Å². The van der Waals surface area contributed by atoms with Gasteiger partial charge in [-0.2, -0.15) is 0 Å². The summed E-state index contributed by atoms with van der Waals surface area (Å²) in [6.07, 6.45) is 5.96. The van der Waals surface area contributed by atoms with E-state index in [0.29, 0.717) is 6.04 Å². The molecule has 2 unspecified atom stereocenters. The first-order valence-electron chi connectivity index (χ1n) is 5.00. The van der Waals surface area contributed by atoms with Crippen LogP contribution in [0.25, 0.3) is 0 Å². The molecule has 0 spiro atoms. The largest absolute Gasteiger partial charge is 0.337 e. The Bertz CT molecular complexity index is 350. The second kappa shape index (κ2) is 3.29. The zero-order valence-electron chi connectivity index (χ0n) is 8.21. The van der Waals surface area contributed by atoms with E-state index in [0.717, 1.165) is 10.7 Å². The van der Waals surface area contributed by atoms with Gasteiger partial charge in [-0.15, -0.1) is 0 Å². The molecule has 2 nitrogen and oxygen atoms in total. The molecule has 2 rings (SSSR count). The van der Waals surface area contributed by atoms with Gasteiger partial charge in [0.1, 0.15) is 0 Å². The van der Waals surface area contributed by atoms with Crippen molar-refractivity contribution in [2.24, 2.45) is 5.92 Å². The van der Waals surface area contributed by atoms with Crippen LogP contribution < -0.4 is 0 Å². The van der Waals surface area contributed by atoms with Gasteiger partial charge in [-0.05, 0) is 37.9 Å². The van der Waals surface area contributed by atoms with E-state index in [9.17, 15) is 0 Å². The summed E-state index contributed by atoms with van der Waals surface area (Å²) in [4.78, 5) is 3.10. The van der Waals surface area contributed by atoms with Gasteiger partial charge in [-0.1, -0.05) is 13.3 Å². The van der Waals surface area contributed by atoms with Gasteiger partial charge < -0.3 is 9.55 Å². The van der Waals surface area contributed by atoms with Crippen LogP contribution >= 0.6 is 12.2 Å². The number of hydrogen-bond donors (Lipinski definition) is 1. The zero-order valence-corrected chi connectivity index (χ0v) is 9.03. The molecule has 2 atom stereocenters. The fraction of sp³-hybridized carbons (Fsp3) is 0.700. The quantitative estimate of drug-likeness (QED) is 0.736. The first kappa shape index (κ1) is 9.00. The van der Waals surface area contributed by atoms with Crippen LogP contribution in [0.1, 0.15) is 37.9 Å². The minimum Gasteiger partial charge on any atom is -0.337 e. The molecule has 72 valence electrons. The van der Waals surface area contributed by atoms with Crippen molar-refractivity contribution in [2.45, 2.75) is 39.2 Å². The highest BCUT2D eigenvalue weighted by Crippen LogP contribution is 2.46. The topological polar surface area (TPSA) is 20.7 Å². The van der Waals surface area contributed by atoms with Crippen LogP contribution in [-0.4, -0.2) is 9.55 Å². The predicted octanol–water partition coefficient (Wildman–Crippen LogP) is 3.22. The van der Waals surface area contributed by atoms with Gasteiger partial charge in [0.05, 0.1) is 0 Å². The number of aromatic amines is 1. The third-order valence-electron chi connectivity index (χ3n) is 2.88. The Morgan fingerprint density at radius 2 is 2.46 bits per heavy atom. The molecule has 1 aliphatic rings. The molecule has 1 aromatic heterocycles. The Morgan fingerprint density at radius 1 is 1.69 bits per heavy atom. The van der Waals surface area contributed by atoms with E-state index in [-0.39, 0.29) is 0 Å². The Labute approximate surface area is 84.0 Å². The van der Waals surface area contributed by atoms with Crippen LogP contribution in [-0.2, 0) is 0 Å². The molecule has 0 amide bonds. The predicted molar refractivity (Wildman–Crippen MR) is 56.4 cm³/mol. The van der Waals surface area contributed by atoms with Crippen LogP contribution in [0.3, 0.4) is 0 Å². The second-order valence-corrected chi connectivity index (χ2v) is 4.34. The maximum absolute atomic E-state index is 5.23. The van der Waals surface area contributed by atoms with Crippen LogP contribution in [0.4, 0.5) is 0 Å². The minimum atomic E-state index is 0.693. The molecule has 0 aromatic carbocycles. The number of nitrogens with zero attached hydrogens (tertiary/aromatic N) is 1. The van der Waals surface area contributed by atoms with E-state index in [2.05, 4.69) is 23.4 Å². The number of imidazole rings is 1. The molecular formula is C10H16N2S. The summed E-state index contributed by atoms with van der Waals surface area (Å²) in [5.74, 6) is 0.881. The normalized spacial score (nSPS) is 26.3. The Morgan fingerprint density at radius 3 is 3.00 bits per heavy atom. The highest BCUT2D eigenvalue weighted by atomic mass is 32.1. The average molecular weight is 196 g/mol. The van der Waals surface area contributed by atoms with Crippen LogP contribution in [0.15, 0.2) is 6.20 Å². The summed E-state index contributed by atoms with van der Waals surface area (Å²) < 4.78 is 3.16. The molecule has 3 heteroatoms. The van der Waals surface area contributed by atoms with Gasteiger partial charge in [-0.25, -0.2) is 0 Å². The van der Waals surface area contributed by atoms with Crippen LogP contribution in [0.2, 0.25) is 0 Å². The lowest BCUT2D eigenvalue weighted by Crippen LogP contribution is -1.98. The van der Waals surface area contributed by atoms with Crippen LogP contribution in [0.5, 0.6) is 0 Å². The smallest absolute Gasteiger partial charge is 0.177 e. The fourth-order valence-electron chi connectivity index (χ4n) is 2.11. The molecule has 0 bridgehead atoms. The lowest BCUT2D eigenvalue weighted by molar-refractivity contribution is 0.594. The van der Waals surface area contributed by atoms with Gasteiger partial charge in [-0.3, -0.25) is 0 Å². The first-order valence-corrected chi connectivity index (χ1v) is 5.41. The van der Waals surface area contributed by atoms with Gasteiger partial charge in [0.2, 0.25) is 0 Å². The molecule has 0 saturated heterocycles. The van der Waals surface area contributed by atoms with Crippen molar-refractivity contribution in [3.63, 3.8) is 0 Å². The summed E-state index contributed by atoms with van der Waals surface area (Å²) >= 11 is 5.23. The number of H-pyrrole nitrogens is 1. The number of aryl methyl sites for hydroxylation is 1. The lowest BCUT2D eigenvalue weighted by atomic mass is 10.2. The first-order chi connectivity index (χ1) is 6.24. The Hall–Kier alpha value is -0.570. The van der Waals surface area contributed by atoms with E-state index in [1.807, 2.05) is 6.20 Å². The van der Waals surface area contributed by atoms with E-state index >= 15 is 0 Å². The maximum atomic E-state index is 5.23. The molecule has 0 radical (unpaired) electrons. The highest BCUT2D eigenvalue weighted by Gasteiger charge is 2.38. The van der Waals surface area contributed by atoms with Crippen molar-refractivity contribution in [3.05, 3.63) is 16.7 Å². The number of rotatable bonds is 3. The Balaban J connectivity index is 2.15. The maximum Gasteiger partial charge on any atom is 0.177 e. The zero-order chi connectivity index (χ0) is 9.42. The molecule has 1 saturated carbocycles. The van der Waals surface area contributed by atoms with E-state index < -0.39 is 0 Å². The molecule has 1 aromatic rings. The molecule has 13 heavy (non-hydrogen) atoms. The van der Waals surface area contributed by atoms with Gasteiger partial charge in [0, 0.05) is 17.9 Å². The molecule has 1 heterocycles. The van der Waals surface area contributed by atoms with Crippen molar-refractivity contribution in [2.75, 3.05) is 0 Å². The standard InChI is InChI=1S/C10H16N2S/c1-3-4-8-5-9(8)12-7(2)6-11-10(12)13/h6,8-9H,3-5H2,1-2H3,(H,11,13). The Kier molecular flexibility index (Phi) is 2.28. The lowest BCUT2D eigenvalue weighted by Gasteiger charge is -2.03. The molecule has 0 aliphatic heterocycles. The van der Waals surface area contributed by atoms with Crippen molar-refractivity contribution < 1.29 is 0 Å². The monoisotopic (exact) mass is 196 g/mol. The van der Waals surface area contributed by atoms with Crippen LogP contribution in [0, 0.1) is 17.6 Å². The van der Waals surface area contributed by atoms with Crippen molar-refractivity contribution in [1.82, 2.24) is 9.55 Å². The SMILES string of the molecule is CCCC1CC1n1c(C)c[nH]c1=S. The summed E-state index contributed by atoms with van der Waals surface area (Å²) in [6.45, 7) is 4.37. The van der Waals surface area contributed by atoms with Gasteiger partial charge in [0.15, 0.2) is 4.77 Å². The number of nitrogens with one attached hydrogen (secondary N) is 1. The molecule has 1 N–H and O–H groups in total. The van der Waals surface area contributed by atoms with Gasteiger partial charge in [0.25, 0.3) is 0 Å². The third-order valence-corrected chi connectivity index (χ3v) is 3.19. The summed E-state index contributed by atoms with van der Waals surface area (Å²) in [7, 11) is 0. The third kappa shape index (κ3) is 1.57. The summed E-state index contributed by atoms with van der Waals surface area (Å²) in [5.41, 5.74) is 1.27. The van der Waals surface area contributed by atoms with Crippen molar-refractivity contribution in [3.8, 4) is 0 Å². The second-order valence-electron chi connectivity index (χ2n) is 3.96. The molecule has 1 fully saturated rings. The molecular weight excluding hydrogens is 180 g/mol. The number of aromatic nitrogens is 2. The summed E-state index contributed by atoms with van der Waals surface area (Å²) in [6, 6.07) is 0.693. The number of hydrogen-bond acceptors (Lipinski definition) is 1. The fourth-order valence-corrected chi connectivity index (χ4v) is 2.44. The average Bonchev–Trinajstić information content (AvgIpc) is 2.74. The van der Waals surface area contributed by atoms with Gasteiger partial charge >= 0.3 is 0 Å². The molecule has 1 aliphatic carbocycles. The summed E-state index contributed by atoms with van der Waals surface area (Å²) in [5, 5.41) is 0.